The third kappa shape index (κ3) is 2.92. The number of unbranched alkanes of at least 4 members (excludes halogenated alkanes) is 2. The summed E-state index contributed by atoms with van der Waals surface area (Å²) in [6, 6.07) is 0. The van der Waals surface area contributed by atoms with Crippen LogP contribution in [-0.2, 0) is 19.1 Å². The Hall–Kier alpha value is -1.40. The van der Waals surface area contributed by atoms with E-state index in [1.54, 1.807) is 13.0 Å². The molecule has 2 N–H and O–H groups in total. The van der Waals surface area contributed by atoms with Gasteiger partial charge in [-0.1, -0.05) is 40.5 Å². The van der Waals surface area contributed by atoms with Gasteiger partial charge in [-0.2, -0.15) is 0 Å². The molecule has 0 amide bonds. The average molecular weight is 380 g/mol. The number of ether oxygens (including phenoxy) is 2. The van der Waals surface area contributed by atoms with Gasteiger partial charge in [-0.3, -0.25) is 4.79 Å². The first-order valence-corrected chi connectivity index (χ1v) is 10.1. The van der Waals surface area contributed by atoms with E-state index in [0.717, 1.165) is 19.3 Å². The highest BCUT2D eigenvalue weighted by atomic mass is 16.6. The molecule has 2 fully saturated rings. The summed E-state index contributed by atoms with van der Waals surface area (Å²) in [6.07, 6.45) is 4.50. The van der Waals surface area contributed by atoms with Crippen molar-refractivity contribution in [3.05, 3.63) is 11.6 Å². The number of carbonyl (C=O) groups excluding carboxylic acids is 2. The molecule has 0 radical (unpaired) electrons. The van der Waals surface area contributed by atoms with E-state index in [1.165, 1.54) is 0 Å². The zero-order valence-electron chi connectivity index (χ0n) is 16.8. The van der Waals surface area contributed by atoms with Crippen LogP contribution in [0.5, 0.6) is 0 Å². The lowest BCUT2D eigenvalue weighted by Gasteiger charge is -2.60. The van der Waals surface area contributed by atoms with E-state index in [2.05, 4.69) is 6.92 Å². The summed E-state index contributed by atoms with van der Waals surface area (Å²) >= 11 is 0. The highest BCUT2D eigenvalue weighted by Crippen LogP contribution is 2.63. The Morgan fingerprint density at radius 1 is 1.33 bits per heavy atom. The quantitative estimate of drug-likeness (QED) is 0.432. The third-order valence-corrected chi connectivity index (χ3v) is 7.09. The van der Waals surface area contributed by atoms with Crippen LogP contribution in [0.15, 0.2) is 11.6 Å². The lowest BCUT2D eigenvalue weighted by molar-refractivity contribution is -0.225. The molecule has 1 aliphatic heterocycles. The fraction of sp³-hybridized carbons (Fsp3) is 0.810. The summed E-state index contributed by atoms with van der Waals surface area (Å²) in [4.78, 5) is 24.9. The van der Waals surface area contributed by atoms with Crippen LogP contribution in [0.25, 0.3) is 0 Å². The van der Waals surface area contributed by atoms with Crippen LogP contribution in [0, 0.1) is 16.7 Å². The topological polar surface area (TPSA) is 93.1 Å². The van der Waals surface area contributed by atoms with Gasteiger partial charge in [0, 0.05) is 23.3 Å². The van der Waals surface area contributed by atoms with Crippen molar-refractivity contribution in [3.8, 4) is 0 Å². The maximum Gasteiger partial charge on any atom is 0.343 e. The summed E-state index contributed by atoms with van der Waals surface area (Å²) in [7, 11) is 0. The zero-order chi connectivity index (χ0) is 20.0. The summed E-state index contributed by atoms with van der Waals surface area (Å²) in [5.41, 5.74) is -2.99. The number of fused-ring (bicyclic) bond motifs is 3. The second-order valence-corrected chi connectivity index (χ2v) is 9.19. The Labute approximate surface area is 160 Å². The molecular formula is C21H32O6. The minimum atomic E-state index is -1.88. The zero-order valence-corrected chi connectivity index (χ0v) is 16.8. The maximum atomic E-state index is 12.5. The van der Waals surface area contributed by atoms with Crippen molar-refractivity contribution >= 4 is 11.9 Å². The standard InChI is InChI=1S/C21H32O6/c1-5-6-7-8-16(23)27-14-11-13-12-26-18(24)21(13,25)20(4)15(22)9-10-19(2,3)17(14)20/h11,14-15,17,22,25H,5-10,12H2,1-4H3/t14-,15+,17-,20+,21-/m1/s1. The molecule has 6 heteroatoms. The summed E-state index contributed by atoms with van der Waals surface area (Å²) in [6.45, 7) is 7.87. The van der Waals surface area contributed by atoms with Crippen molar-refractivity contribution in [2.75, 3.05) is 6.61 Å². The number of hydrogen-bond donors (Lipinski definition) is 2. The minimum Gasteiger partial charge on any atom is -0.459 e. The normalized spacial score (nSPS) is 39.9. The van der Waals surface area contributed by atoms with Crippen LogP contribution in [0.3, 0.4) is 0 Å². The van der Waals surface area contributed by atoms with E-state index in [0.29, 0.717) is 24.8 Å². The largest absolute Gasteiger partial charge is 0.459 e. The Balaban J connectivity index is 2.00. The number of rotatable bonds is 5. The molecule has 6 nitrogen and oxygen atoms in total. The average Bonchev–Trinajstić information content (AvgIpc) is 2.88. The summed E-state index contributed by atoms with van der Waals surface area (Å²) in [5, 5.41) is 22.3. The number of aliphatic hydroxyl groups excluding tert-OH is 1. The predicted molar refractivity (Wildman–Crippen MR) is 98.6 cm³/mol. The maximum absolute atomic E-state index is 12.5. The second-order valence-electron chi connectivity index (χ2n) is 9.19. The predicted octanol–water partition coefficient (Wildman–Crippen LogP) is 2.51. The van der Waals surface area contributed by atoms with Gasteiger partial charge >= 0.3 is 11.9 Å². The summed E-state index contributed by atoms with van der Waals surface area (Å²) < 4.78 is 11.0. The van der Waals surface area contributed by atoms with E-state index in [9.17, 15) is 19.8 Å². The summed E-state index contributed by atoms with van der Waals surface area (Å²) in [5.74, 6) is -1.40. The van der Waals surface area contributed by atoms with Gasteiger partial charge in [0.15, 0.2) is 5.60 Å². The van der Waals surface area contributed by atoms with Gasteiger partial charge in [0.25, 0.3) is 0 Å². The SMILES string of the molecule is CCCCCC(=O)O[C@@H]1C=C2COC(=O)[C@@]2(O)[C@]2(C)[C@H]1C(C)(C)CC[C@@H]2O. The van der Waals surface area contributed by atoms with E-state index in [4.69, 9.17) is 9.47 Å². The highest BCUT2D eigenvalue weighted by Gasteiger charge is 2.72. The molecule has 152 valence electrons. The number of hydrogen-bond acceptors (Lipinski definition) is 6. The molecule has 1 heterocycles. The van der Waals surface area contributed by atoms with Gasteiger partial charge < -0.3 is 19.7 Å². The Morgan fingerprint density at radius 2 is 2.04 bits per heavy atom. The van der Waals surface area contributed by atoms with Crippen LogP contribution in [0.4, 0.5) is 0 Å². The molecule has 3 aliphatic rings. The van der Waals surface area contributed by atoms with E-state index < -0.39 is 35.1 Å². The molecule has 0 aromatic carbocycles. The smallest absolute Gasteiger partial charge is 0.343 e. The second kappa shape index (κ2) is 6.89. The van der Waals surface area contributed by atoms with Gasteiger partial charge in [-0.15, -0.1) is 0 Å². The molecule has 0 aromatic rings. The highest BCUT2D eigenvalue weighted by molar-refractivity contribution is 5.88. The van der Waals surface area contributed by atoms with Crippen molar-refractivity contribution in [3.63, 3.8) is 0 Å². The Morgan fingerprint density at radius 3 is 2.70 bits per heavy atom. The van der Waals surface area contributed by atoms with E-state index in [-0.39, 0.29) is 18.0 Å². The van der Waals surface area contributed by atoms with Crippen molar-refractivity contribution in [2.24, 2.45) is 16.7 Å². The Bertz CT molecular complexity index is 653. The minimum absolute atomic E-state index is 0.0331. The lowest BCUT2D eigenvalue weighted by atomic mass is 9.45. The molecule has 1 saturated heterocycles. The van der Waals surface area contributed by atoms with Crippen molar-refractivity contribution in [1.29, 1.82) is 0 Å². The van der Waals surface area contributed by atoms with Crippen LogP contribution in [-0.4, -0.2) is 46.6 Å². The van der Waals surface area contributed by atoms with Gasteiger partial charge in [0.1, 0.15) is 12.7 Å². The molecular weight excluding hydrogens is 348 g/mol. The van der Waals surface area contributed by atoms with Crippen LogP contribution < -0.4 is 0 Å². The number of aliphatic hydroxyl groups is 2. The van der Waals surface area contributed by atoms with Crippen LogP contribution in [0.1, 0.15) is 66.2 Å². The Kier molecular flexibility index (Phi) is 5.19. The van der Waals surface area contributed by atoms with E-state index >= 15 is 0 Å². The molecule has 27 heavy (non-hydrogen) atoms. The number of esters is 2. The van der Waals surface area contributed by atoms with Crippen LogP contribution in [0.2, 0.25) is 0 Å². The first kappa shape index (κ1) is 20.3. The first-order chi connectivity index (χ1) is 12.6. The molecule has 1 saturated carbocycles. The van der Waals surface area contributed by atoms with Crippen molar-refractivity contribution in [1.82, 2.24) is 0 Å². The van der Waals surface area contributed by atoms with Crippen molar-refractivity contribution in [2.45, 2.75) is 84.0 Å². The lowest BCUT2D eigenvalue weighted by Crippen LogP contribution is -2.69. The molecule has 0 aromatic heterocycles. The van der Waals surface area contributed by atoms with Gasteiger partial charge in [0.2, 0.25) is 0 Å². The molecule has 0 spiro atoms. The molecule has 2 aliphatic carbocycles. The van der Waals surface area contributed by atoms with Gasteiger partial charge in [0.05, 0.1) is 6.10 Å². The molecule has 0 unspecified atom stereocenters. The van der Waals surface area contributed by atoms with Gasteiger partial charge in [-0.05, 0) is 30.8 Å². The fourth-order valence-corrected chi connectivity index (χ4v) is 5.58. The van der Waals surface area contributed by atoms with Crippen molar-refractivity contribution < 1.29 is 29.3 Å². The number of carbonyl (C=O) groups is 2. The first-order valence-electron chi connectivity index (χ1n) is 10.1. The molecule has 3 rings (SSSR count). The monoisotopic (exact) mass is 380 g/mol. The fourth-order valence-electron chi connectivity index (χ4n) is 5.58. The number of cyclic esters (lactones) is 1. The van der Waals surface area contributed by atoms with Crippen LogP contribution >= 0.6 is 0 Å². The van der Waals surface area contributed by atoms with E-state index in [1.807, 2.05) is 13.8 Å². The molecule has 0 bridgehead atoms. The van der Waals surface area contributed by atoms with Gasteiger partial charge in [-0.25, -0.2) is 4.79 Å². The third-order valence-electron chi connectivity index (χ3n) is 7.09. The molecule has 5 atom stereocenters.